The van der Waals surface area contributed by atoms with Gasteiger partial charge in [0.1, 0.15) is 23.0 Å². The quantitative estimate of drug-likeness (QED) is 0.447. The number of halogens is 2. The van der Waals surface area contributed by atoms with Gasteiger partial charge in [-0.2, -0.15) is 0 Å². The molecule has 1 aliphatic carbocycles. The van der Waals surface area contributed by atoms with Crippen molar-refractivity contribution in [3.8, 4) is 5.75 Å². The van der Waals surface area contributed by atoms with E-state index in [4.69, 9.17) is 9.15 Å². The standard InChI is InChI=1S/C22H17F2N3O4S2/c23-12-2-3-17-13(8-12)16(11-22(31-17)4-1-5-22)27-15-9-14(24)19(10-18(15)30-21(27)28)33(29)26-20-25-6-7-32-20/h2-3,6-10,16H,1,4-5,11H2,(H,25,26). The highest BCUT2D eigenvalue weighted by Crippen LogP contribution is 2.50. The van der Waals surface area contributed by atoms with E-state index in [-0.39, 0.29) is 16.0 Å². The topological polar surface area (TPSA) is 86.4 Å². The average Bonchev–Trinajstić information content (AvgIpc) is 3.38. The Balaban J connectivity index is 1.46. The predicted octanol–water partition coefficient (Wildman–Crippen LogP) is 4.76. The number of fused-ring (bicyclic) bond motifs is 2. The lowest BCUT2D eigenvalue weighted by Gasteiger charge is -2.48. The van der Waals surface area contributed by atoms with Gasteiger partial charge in [0, 0.05) is 35.7 Å². The van der Waals surface area contributed by atoms with Crippen LogP contribution in [0.2, 0.25) is 0 Å². The summed E-state index contributed by atoms with van der Waals surface area (Å²) in [4.78, 5) is 16.8. The smallest absolute Gasteiger partial charge is 0.420 e. The van der Waals surface area contributed by atoms with Gasteiger partial charge >= 0.3 is 5.76 Å². The van der Waals surface area contributed by atoms with Crippen molar-refractivity contribution in [2.24, 2.45) is 0 Å². The zero-order valence-corrected chi connectivity index (χ0v) is 18.7. The van der Waals surface area contributed by atoms with E-state index in [9.17, 15) is 13.4 Å². The fraction of sp³-hybridized carbons (Fsp3) is 0.273. The van der Waals surface area contributed by atoms with E-state index in [0.717, 1.165) is 25.3 Å². The van der Waals surface area contributed by atoms with Gasteiger partial charge in [-0.3, -0.25) is 9.29 Å². The van der Waals surface area contributed by atoms with Crippen molar-refractivity contribution in [1.82, 2.24) is 9.55 Å². The zero-order valence-electron chi connectivity index (χ0n) is 17.0. The number of nitrogens with zero attached hydrogens (tertiary/aromatic N) is 2. The second-order valence-electron chi connectivity index (χ2n) is 8.24. The third-order valence-corrected chi connectivity index (χ3v) is 8.19. The maximum absolute atomic E-state index is 15.1. The molecule has 2 aromatic carbocycles. The van der Waals surface area contributed by atoms with Gasteiger partial charge in [0.15, 0.2) is 21.7 Å². The summed E-state index contributed by atoms with van der Waals surface area (Å²) in [6.07, 6.45) is 4.63. The predicted molar refractivity (Wildman–Crippen MR) is 119 cm³/mol. The van der Waals surface area contributed by atoms with Crippen LogP contribution in [0.15, 0.2) is 56.0 Å². The molecular weight excluding hydrogens is 472 g/mol. The Labute approximate surface area is 192 Å². The molecule has 6 rings (SSSR count). The van der Waals surface area contributed by atoms with E-state index in [1.807, 2.05) is 0 Å². The molecule has 0 radical (unpaired) electrons. The van der Waals surface area contributed by atoms with Crippen LogP contribution in [0.3, 0.4) is 0 Å². The summed E-state index contributed by atoms with van der Waals surface area (Å²) in [5.74, 6) is -1.40. The van der Waals surface area contributed by atoms with E-state index in [1.54, 1.807) is 11.4 Å². The lowest BCUT2D eigenvalue weighted by molar-refractivity contribution is -0.0367. The number of thiazole rings is 1. The first-order valence-electron chi connectivity index (χ1n) is 10.3. The molecule has 1 fully saturated rings. The van der Waals surface area contributed by atoms with Crippen molar-refractivity contribution in [3.05, 3.63) is 69.7 Å². The molecule has 2 atom stereocenters. The van der Waals surface area contributed by atoms with Crippen molar-refractivity contribution in [2.75, 3.05) is 4.72 Å². The minimum Gasteiger partial charge on any atom is -0.487 e. The molecule has 0 saturated heterocycles. The van der Waals surface area contributed by atoms with Crippen LogP contribution in [0, 0.1) is 11.6 Å². The van der Waals surface area contributed by atoms with E-state index in [1.165, 1.54) is 40.3 Å². The lowest BCUT2D eigenvalue weighted by Crippen LogP contribution is -2.48. The van der Waals surface area contributed by atoms with E-state index in [2.05, 4.69) is 9.71 Å². The summed E-state index contributed by atoms with van der Waals surface area (Å²) in [5, 5.41) is 2.07. The van der Waals surface area contributed by atoms with Crippen LogP contribution in [0.25, 0.3) is 11.1 Å². The van der Waals surface area contributed by atoms with Gasteiger partial charge in [0.25, 0.3) is 0 Å². The van der Waals surface area contributed by atoms with Gasteiger partial charge < -0.3 is 9.15 Å². The maximum Gasteiger partial charge on any atom is 0.420 e. The maximum atomic E-state index is 15.1. The molecule has 33 heavy (non-hydrogen) atoms. The van der Waals surface area contributed by atoms with Crippen LogP contribution in [0.5, 0.6) is 5.75 Å². The minimum atomic E-state index is -1.94. The van der Waals surface area contributed by atoms with Gasteiger partial charge in [0.05, 0.1) is 16.5 Å². The van der Waals surface area contributed by atoms with Gasteiger partial charge in [0.2, 0.25) is 0 Å². The number of hydrogen-bond acceptors (Lipinski definition) is 6. The number of oxazole rings is 1. The molecule has 3 heterocycles. The second kappa shape index (κ2) is 7.49. The second-order valence-corrected chi connectivity index (χ2v) is 10.3. The molecule has 1 saturated carbocycles. The van der Waals surface area contributed by atoms with Crippen molar-refractivity contribution < 1.29 is 22.1 Å². The van der Waals surface area contributed by atoms with Crippen molar-refractivity contribution in [1.29, 1.82) is 0 Å². The third kappa shape index (κ3) is 3.37. The summed E-state index contributed by atoms with van der Waals surface area (Å²) >= 11 is 1.23. The Kier molecular flexibility index (Phi) is 4.66. The first-order valence-corrected chi connectivity index (χ1v) is 12.4. The van der Waals surface area contributed by atoms with Crippen LogP contribution in [-0.4, -0.2) is 19.4 Å². The molecule has 0 bridgehead atoms. The van der Waals surface area contributed by atoms with Gasteiger partial charge in [-0.15, -0.1) is 11.3 Å². The van der Waals surface area contributed by atoms with Gasteiger partial charge in [-0.1, -0.05) is 0 Å². The monoisotopic (exact) mass is 489 g/mol. The van der Waals surface area contributed by atoms with Crippen molar-refractivity contribution >= 4 is 38.6 Å². The van der Waals surface area contributed by atoms with E-state index in [0.29, 0.717) is 22.9 Å². The minimum absolute atomic E-state index is 0.0952. The number of hydrogen-bond donors (Lipinski definition) is 1. The third-order valence-electron chi connectivity index (χ3n) is 6.28. The lowest BCUT2D eigenvalue weighted by atomic mass is 9.73. The van der Waals surface area contributed by atoms with Crippen LogP contribution in [0.4, 0.5) is 13.9 Å². The fourth-order valence-electron chi connectivity index (χ4n) is 4.60. The number of anilines is 1. The number of benzene rings is 2. The molecule has 2 aliphatic rings. The van der Waals surface area contributed by atoms with Crippen LogP contribution < -0.4 is 15.2 Å². The SMILES string of the molecule is O=c1oc2cc(S(=O)Nc3nccs3)c(F)cc2n1C1CC2(CCC2)Oc2ccc(F)cc21. The number of nitrogens with one attached hydrogen (secondary N) is 1. The summed E-state index contributed by atoms with van der Waals surface area (Å²) in [5.41, 5.74) is 0.383. The van der Waals surface area contributed by atoms with Gasteiger partial charge in [-0.05, 0) is 37.5 Å². The Morgan fingerprint density at radius 3 is 2.82 bits per heavy atom. The summed E-state index contributed by atoms with van der Waals surface area (Å²) in [6, 6.07) is 6.04. The normalized spacial score (nSPS) is 19.6. The Hall–Kier alpha value is -3.05. The van der Waals surface area contributed by atoms with Crippen molar-refractivity contribution in [2.45, 2.75) is 42.2 Å². The van der Waals surface area contributed by atoms with E-state index >= 15 is 4.39 Å². The highest BCUT2D eigenvalue weighted by Gasteiger charge is 2.47. The molecule has 1 N–H and O–H groups in total. The van der Waals surface area contributed by atoms with Crippen LogP contribution in [0.1, 0.15) is 37.3 Å². The number of aromatic nitrogens is 2. The van der Waals surface area contributed by atoms with Crippen molar-refractivity contribution in [3.63, 3.8) is 0 Å². The molecule has 170 valence electrons. The molecule has 7 nitrogen and oxygen atoms in total. The average molecular weight is 490 g/mol. The Bertz CT molecular complexity index is 1460. The van der Waals surface area contributed by atoms with Crippen LogP contribution in [-0.2, 0) is 11.0 Å². The number of ether oxygens (including phenoxy) is 1. The summed E-state index contributed by atoms with van der Waals surface area (Å²) < 4.78 is 57.4. The first kappa shape index (κ1) is 20.5. The molecule has 1 spiro atoms. The first-order chi connectivity index (χ1) is 15.9. The highest BCUT2D eigenvalue weighted by atomic mass is 32.2. The largest absolute Gasteiger partial charge is 0.487 e. The summed E-state index contributed by atoms with van der Waals surface area (Å²) in [6.45, 7) is 0. The molecule has 11 heteroatoms. The molecule has 4 aromatic rings. The Morgan fingerprint density at radius 1 is 1.24 bits per heavy atom. The zero-order chi connectivity index (χ0) is 22.7. The molecular formula is C22H17F2N3O4S2. The van der Waals surface area contributed by atoms with Crippen LogP contribution >= 0.6 is 11.3 Å². The molecule has 2 unspecified atom stereocenters. The summed E-state index contributed by atoms with van der Waals surface area (Å²) in [7, 11) is -1.94. The Morgan fingerprint density at radius 2 is 2.09 bits per heavy atom. The van der Waals surface area contributed by atoms with Gasteiger partial charge in [-0.25, -0.2) is 22.8 Å². The molecule has 2 aromatic heterocycles. The highest BCUT2D eigenvalue weighted by molar-refractivity contribution is 7.86. The molecule has 0 amide bonds. The number of rotatable bonds is 4. The van der Waals surface area contributed by atoms with E-state index < -0.39 is 40.0 Å². The fourth-order valence-corrected chi connectivity index (χ4v) is 6.16. The molecule has 1 aliphatic heterocycles.